The minimum absolute atomic E-state index is 0.0941. The standard InChI is InChI=1S/C16H12BrF3N2O2/c1-9-13(5-10(8-21-9)14-7-15(17)22-24-14)23-12-4-2-3-11(6-12)16(18,19)20/h2-6,8,14H,7H2,1H3/t14-/m0/s1. The van der Waals surface area contributed by atoms with Crippen LogP contribution in [0.2, 0.25) is 0 Å². The molecular weight excluding hydrogens is 389 g/mol. The van der Waals surface area contributed by atoms with E-state index in [4.69, 9.17) is 9.57 Å². The summed E-state index contributed by atoms with van der Waals surface area (Å²) in [5, 5.41) is 3.81. The molecular formula is C16H12BrF3N2O2. The first-order valence-electron chi connectivity index (χ1n) is 7.03. The van der Waals surface area contributed by atoms with Crippen LogP contribution in [0.1, 0.15) is 29.3 Å². The van der Waals surface area contributed by atoms with E-state index in [0.717, 1.165) is 17.7 Å². The highest BCUT2D eigenvalue weighted by atomic mass is 79.9. The molecule has 0 amide bonds. The molecule has 0 spiro atoms. The predicted octanol–water partition coefficient (Wildman–Crippen LogP) is 5.37. The Morgan fingerprint density at radius 1 is 1.29 bits per heavy atom. The van der Waals surface area contributed by atoms with Crippen LogP contribution in [-0.4, -0.2) is 9.60 Å². The number of benzene rings is 1. The number of rotatable bonds is 3. The maximum absolute atomic E-state index is 12.8. The van der Waals surface area contributed by atoms with Crippen molar-refractivity contribution < 1.29 is 22.7 Å². The Morgan fingerprint density at radius 3 is 2.75 bits per heavy atom. The average Bonchev–Trinajstić information content (AvgIpc) is 2.95. The first kappa shape index (κ1) is 16.8. The first-order chi connectivity index (χ1) is 11.3. The zero-order valence-corrected chi connectivity index (χ0v) is 14.1. The first-order valence-corrected chi connectivity index (χ1v) is 7.82. The molecule has 1 aliphatic heterocycles. The topological polar surface area (TPSA) is 43.7 Å². The van der Waals surface area contributed by atoms with Crippen LogP contribution in [0.5, 0.6) is 11.5 Å². The highest BCUT2D eigenvalue weighted by Gasteiger charge is 2.30. The quantitative estimate of drug-likeness (QED) is 0.695. The van der Waals surface area contributed by atoms with Gasteiger partial charge >= 0.3 is 6.18 Å². The summed E-state index contributed by atoms with van der Waals surface area (Å²) in [6.45, 7) is 1.72. The maximum atomic E-state index is 12.8. The van der Waals surface area contributed by atoms with Gasteiger partial charge in [-0.1, -0.05) is 11.2 Å². The SMILES string of the molecule is Cc1ncc([C@@H]2CC(Br)=NO2)cc1Oc1cccc(C(F)(F)F)c1. The van der Waals surface area contributed by atoms with Crippen molar-refractivity contribution in [1.82, 2.24) is 4.98 Å². The van der Waals surface area contributed by atoms with E-state index in [9.17, 15) is 13.2 Å². The zero-order valence-electron chi connectivity index (χ0n) is 12.5. The third kappa shape index (κ3) is 3.69. The van der Waals surface area contributed by atoms with Gasteiger partial charge in [0, 0.05) is 18.2 Å². The zero-order chi connectivity index (χ0) is 17.3. The molecule has 4 nitrogen and oxygen atoms in total. The number of halogens is 4. The lowest BCUT2D eigenvalue weighted by Crippen LogP contribution is -2.05. The summed E-state index contributed by atoms with van der Waals surface area (Å²) in [5.74, 6) is 0.468. The van der Waals surface area contributed by atoms with E-state index in [0.29, 0.717) is 22.5 Å². The Kier molecular flexibility index (Phi) is 4.49. The number of nitrogens with zero attached hydrogens (tertiary/aromatic N) is 2. The third-order valence-corrected chi connectivity index (χ3v) is 3.92. The number of aromatic nitrogens is 1. The van der Waals surface area contributed by atoms with Gasteiger partial charge in [0.2, 0.25) is 0 Å². The van der Waals surface area contributed by atoms with Gasteiger partial charge in [-0.25, -0.2) is 0 Å². The van der Waals surface area contributed by atoms with Crippen LogP contribution in [0.25, 0.3) is 0 Å². The van der Waals surface area contributed by atoms with Gasteiger partial charge in [0.1, 0.15) is 16.1 Å². The summed E-state index contributed by atoms with van der Waals surface area (Å²) >= 11 is 3.26. The molecule has 0 saturated heterocycles. The molecule has 8 heteroatoms. The van der Waals surface area contributed by atoms with Gasteiger partial charge in [-0.3, -0.25) is 4.98 Å². The number of pyridine rings is 1. The van der Waals surface area contributed by atoms with Gasteiger partial charge < -0.3 is 9.57 Å². The lowest BCUT2D eigenvalue weighted by atomic mass is 10.1. The molecule has 0 radical (unpaired) electrons. The smallest absolute Gasteiger partial charge is 0.416 e. The van der Waals surface area contributed by atoms with Gasteiger partial charge in [-0.2, -0.15) is 13.2 Å². The molecule has 126 valence electrons. The summed E-state index contributed by atoms with van der Waals surface area (Å²) in [5.41, 5.74) is 0.535. The van der Waals surface area contributed by atoms with E-state index in [-0.39, 0.29) is 11.9 Å². The summed E-state index contributed by atoms with van der Waals surface area (Å²) in [6, 6.07) is 6.42. The number of oxime groups is 1. The monoisotopic (exact) mass is 400 g/mol. The van der Waals surface area contributed by atoms with Crippen LogP contribution in [-0.2, 0) is 11.0 Å². The molecule has 0 N–H and O–H groups in total. The van der Waals surface area contributed by atoms with Crippen LogP contribution >= 0.6 is 15.9 Å². The van der Waals surface area contributed by atoms with Gasteiger partial charge in [0.05, 0.1) is 11.3 Å². The van der Waals surface area contributed by atoms with Crippen molar-refractivity contribution in [1.29, 1.82) is 0 Å². The fourth-order valence-corrected chi connectivity index (χ4v) is 2.58. The van der Waals surface area contributed by atoms with E-state index in [1.165, 1.54) is 12.1 Å². The van der Waals surface area contributed by atoms with E-state index in [2.05, 4.69) is 26.1 Å². The Bertz CT molecular complexity index is 793. The van der Waals surface area contributed by atoms with Crippen molar-refractivity contribution in [2.24, 2.45) is 5.16 Å². The van der Waals surface area contributed by atoms with Crippen LogP contribution in [0.15, 0.2) is 41.7 Å². The lowest BCUT2D eigenvalue weighted by Gasteiger charge is -2.14. The second-order valence-corrected chi connectivity index (χ2v) is 6.16. The van der Waals surface area contributed by atoms with Gasteiger partial charge in [0.25, 0.3) is 0 Å². The van der Waals surface area contributed by atoms with E-state index in [1.54, 1.807) is 19.2 Å². The van der Waals surface area contributed by atoms with E-state index >= 15 is 0 Å². The van der Waals surface area contributed by atoms with Crippen molar-refractivity contribution in [2.75, 3.05) is 0 Å². The van der Waals surface area contributed by atoms with Gasteiger partial charge in [0.15, 0.2) is 6.10 Å². The van der Waals surface area contributed by atoms with Crippen molar-refractivity contribution in [3.05, 3.63) is 53.3 Å². The third-order valence-electron chi connectivity index (χ3n) is 3.46. The highest BCUT2D eigenvalue weighted by molar-refractivity contribution is 9.18. The number of aryl methyl sites for hydroxylation is 1. The molecule has 0 saturated carbocycles. The Hall–Kier alpha value is -2.09. The summed E-state index contributed by atoms with van der Waals surface area (Å²) in [7, 11) is 0. The number of hydrogen-bond donors (Lipinski definition) is 0. The Balaban J connectivity index is 1.85. The van der Waals surface area contributed by atoms with E-state index in [1.807, 2.05) is 0 Å². The molecule has 0 unspecified atom stereocenters. The molecule has 2 aromatic rings. The molecule has 2 heterocycles. The fraction of sp³-hybridized carbons (Fsp3) is 0.250. The maximum Gasteiger partial charge on any atom is 0.416 e. The molecule has 24 heavy (non-hydrogen) atoms. The lowest BCUT2D eigenvalue weighted by molar-refractivity contribution is -0.137. The van der Waals surface area contributed by atoms with Crippen molar-refractivity contribution in [3.63, 3.8) is 0 Å². The Morgan fingerprint density at radius 2 is 2.08 bits per heavy atom. The predicted molar refractivity (Wildman–Crippen MR) is 85.3 cm³/mol. The largest absolute Gasteiger partial charge is 0.455 e. The Labute approximate surface area is 144 Å². The van der Waals surface area contributed by atoms with Crippen molar-refractivity contribution >= 4 is 20.6 Å². The molecule has 0 bridgehead atoms. The summed E-state index contributed by atoms with van der Waals surface area (Å²) in [4.78, 5) is 9.48. The average molecular weight is 401 g/mol. The second kappa shape index (κ2) is 6.43. The molecule has 1 aliphatic rings. The molecule has 1 atom stereocenters. The summed E-state index contributed by atoms with van der Waals surface area (Å²) < 4.78 is 44.7. The molecule has 0 fully saturated rings. The normalized spacial score (nSPS) is 17.4. The number of hydrogen-bond acceptors (Lipinski definition) is 4. The number of alkyl halides is 3. The number of ether oxygens (including phenoxy) is 1. The van der Waals surface area contributed by atoms with Crippen molar-refractivity contribution in [3.8, 4) is 11.5 Å². The van der Waals surface area contributed by atoms with Crippen LogP contribution in [0, 0.1) is 6.92 Å². The second-order valence-electron chi connectivity index (χ2n) is 5.25. The fourth-order valence-electron chi connectivity index (χ4n) is 2.20. The molecule has 1 aromatic carbocycles. The molecule has 1 aromatic heterocycles. The molecule has 3 rings (SSSR count). The minimum Gasteiger partial charge on any atom is -0.455 e. The highest BCUT2D eigenvalue weighted by Crippen LogP contribution is 2.35. The van der Waals surface area contributed by atoms with Crippen LogP contribution in [0.3, 0.4) is 0 Å². The van der Waals surface area contributed by atoms with Gasteiger partial charge in [-0.05, 0) is 47.1 Å². The van der Waals surface area contributed by atoms with E-state index < -0.39 is 11.7 Å². The molecule has 0 aliphatic carbocycles. The minimum atomic E-state index is -4.42. The van der Waals surface area contributed by atoms with Gasteiger partial charge in [-0.15, -0.1) is 0 Å². The summed E-state index contributed by atoms with van der Waals surface area (Å²) in [6.07, 6.45) is -2.51. The van der Waals surface area contributed by atoms with Crippen LogP contribution in [0.4, 0.5) is 13.2 Å². The van der Waals surface area contributed by atoms with Crippen molar-refractivity contribution in [2.45, 2.75) is 25.6 Å². The van der Waals surface area contributed by atoms with Crippen LogP contribution < -0.4 is 4.74 Å².